The Morgan fingerprint density at radius 1 is 0.767 bits per heavy atom. The van der Waals surface area contributed by atoms with Crippen molar-refractivity contribution in [2.24, 2.45) is 5.92 Å². The van der Waals surface area contributed by atoms with Gasteiger partial charge in [-0.3, -0.25) is 10.1 Å². The van der Waals surface area contributed by atoms with Crippen LogP contribution in [-0.2, 0) is 22.2 Å². The molecule has 0 aliphatic heterocycles. The van der Waals surface area contributed by atoms with Crippen molar-refractivity contribution in [3.63, 3.8) is 0 Å². The Morgan fingerprint density at radius 3 is 2.10 bits per heavy atom. The van der Waals surface area contributed by atoms with Crippen LogP contribution in [-0.4, -0.2) is 45.6 Å². The number of carbonyl (C=O) groups excluding carboxylic acids is 3. The fourth-order valence-corrected chi connectivity index (χ4v) is 6.32. The lowest BCUT2D eigenvalue weighted by atomic mass is 9.95. The van der Waals surface area contributed by atoms with Gasteiger partial charge in [0.05, 0.1) is 23.1 Å². The number of carbonyl (C=O) groups is 3. The maximum Gasteiger partial charge on any atom is 0.435 e. The molecule has 1 atom stereocenters. The average Bonchev–Trinajstić information content (AvgIpc) is 3.87. The van der Waals surface area contributed by atoms with Crippen molar-refractivity contribution in [2.45, 2.75) is 84.3 Å². The summed E-state index contributed by atoms with van der Waals surface area (Å²) in [6.45, 7) is 11.1. The second-order valence-corrected chi connectivity index (χ2v) is 16.6. The van der Waals surface area contributed by atoms with E-state index < -0.39 is 58.7 Å². The highest BCUT2D eigenvalue weighted by Crippen LogP contribution is 2.35. The number of hydrogen-bond donors (Lipinski definition) is 4. The number of aromatic nitrogens is 2. The van der Waals surface area contributed by atoms with E-state index in [0.717, 1.165) is 34.2 Å². The van der Waals surface area contributed by atoms with Gasteiger partial charge >= 0.3 is 18.4 Å². The largest absolute Gasteiger partial charge is 0.444 e. The van der Waals surface area contributed by atoms with Gasteiger partial charge in [-0.2, -0.15) is 18.3 Å². The van der Waals surface area contributed by atoms with Gasteiger partial charge in [-0.1, -0.05) is 60.7 Å². The molecule has 316 valence electrons. The Kier molecular flexibility index (Phi) is 12.7. The highest BCUT2D eigenvalue weighted by atomic mass is 19.4. The summed E-state index contributed by atoms with van der Waals surface area (Å²) < 4.78 is 69.0. The number of alkyl halides is 3. The lowest BCUT2D eigenvalue weighted by Gasteiger charge is -2.22. The molecule has 15 heteroatoms. The van der Waals surface area contributed by atoms with E-state index in [0.29, 0.717) is 35.3 Å². The van der Waals surface area contributed by atoms with Crippen LogP contribution in [0.4, 0.5) is 38.5 Å². The van der Waals surface area contributed by atoms with Gasteiger partial charge in [-0.15, -0.1) is 0 Å². The normalized spacial score (nSPS) is 13.6. The van der Waals surface area contributed by atoms with Crippen LogP contribution in [0, 0.1) is 11.7 Å². The third kappa shape index (κ3) is 11.7. The maximum absolute atomic E-state index is 15.5. The van der Waals surface area contributed by atoms with Crippen molar-refractivity contribution >= 4 is 29.5 Å². The van der Waals surface area contributed by atoms with Crippen LogP contribution in [0.5, 0.6) is 0 Å². The molecule has 0 spiro atoms. The van der Waals surface area contributed by atoms with Crippen molar-refractivity contribution in [2.75, 3.05) is 17.2 Å². The number of ether oxygens (including phenoxy) is 2. The van der Waals surface area contributed by atoms with E-state index in [1.807, 2.05) is 42.5 Å². The van der Waals surface area contributed by atoms with Crippen molar-refractivity contribution in [1.29, 1.82) is 0 Å². The van der Waals surface area contributed by atoms with E-state index >= 15 is 4.39 Å². The fraction of sp³-hybridized carbons (Fsp3) is 0.333. The number of anilines is 2. The molecule has 1 heterocycles. The van der Waals surface area contributed by atoms with Crippen LogP contribution in [0.15, 0.2) is 97.1 Å². The summed E-state index contributed by atoms with van der Waals surface area (Å²) in [6.07, 6.45) is -4.02. The van der Waals surface area contributed by atoms with E-state index in [2.05, 4.69) is 26.4 Å². The first-order chi connectivity index (χ1) is 28.2. The molecular formula is C45H48F4N6O5. The van der Waals surface area contributed by atoms with Crippen LogP contribution >= 0.6 is 0 Å². The molecule has 1 fully saturated rings. The molecule has 6 rings (SSSR count). The minimum atomic E-state index is -4.89. The number of para-hydroxylation sites is 1. The second-order valence-electron chi connectivity index (χ2n) is 16.6. The quantitative estimate of drug-likeness (QED) is 0.0920. The number of rotatable bonds is 12. The number of benzene rings is 4. The Labute approximate surface area is 345 Å². The third-order valence-electron chi connectivity index (χ3n) is 9.22. The van der Waals surface area contributed by atoms with Crippen LogP contribution in [0.2, 0.25) is 0 Å². The topological polar surface area (TPSA) is 136 Å². The van der Waals surface area contributed by atoms with E-state index in [9.17, 15) is 27.6 Å². The van der Waals surface area contributed by atoms with Gasteiger partial charge in [0.2, 0.25) is 0 Å². The second kappa shape index (κ2) is 17.6. The van der Waals surface area contributed by atoms with Crippen molar-refractivity contribution in [3.8, 4) is 16.8 Å². The molecule has 0 saturated heterocycles. The zero-order valence-electron chi connectivity index (χ0n) is 34.2. The van der Waals surface area contributed by atoms with E-state index in [1.54, 1.807) is 65.8 Å². The van der Waals surface area contributed by atoms with Crippen LogP contribution in [0.3, 0.4) is 0 Å². The van der Waals surface area contributed by atoms with Gasteiger partial charge < -0.3 is 25.4 Å². The summed E-state index contributed by atoms with van der Waals surface area (Å²) in [7, 11) is 0. The summed E-state index contributed by atoms with van der Waals surface area (Å²) in [6, 6.07) is 25.5. The summed E-state index contributed by atoms with van der Waals surface area (Å²) in [5.74, 6) is -1.35. The highest BCUT2D eigenvalue weighted by molar-refractivity contribution is 6.03. The molecule has 60 heavy (non-hydrogen) atoms. The van der Waals surface area contributed by atoms with Gasteiger partial charge in [0, 0.05) is 18.2 Å². The van der Waals surface area contributed by atoms with Crippen LogP contribution < -0.4 is 21.3 Å². The minimum Gasteiger partial charge on any atom is -0.444 e. The monoisotopic (exact) mass is 828 g/mol. The zero-order valence-corrected chi connectivity index (χ0v) is 34.2. The molecule has 0 bridgehead atoms. The van der Waals surface area contributed by atoms with Crippen LogP contribution in [0.25, 0.3) is 16.8 Å². The molecule has 4 aromatic carbocycles. The molecular weight excluding hydrogens is 781 g/mol. The first-order valence-corrected chi connectivity index (χ1v) is 19.5. The zero-order chi connectivity index (χ0) is 43.4. The van der Waals surface area contributed by atoms with E-state index in [4.69, 9.17) is 9.47 Å². The van der Waals surface area contributed by atoms with Crippen molar-refractivity contribution < 1.29 is 41.4 Å². The number of amides is 3. The lowest BCUT2D eigenvalue weighted by Crippen LogP contribution is -2.32. The van der Waals surface area contributed by atoms with Crippen molar-refractivity contribution in [1.82, 2.24) is 20.4 Å². The lowest BCUT2D eigenvalue weighted by molar-refractivity contribution is -0.141. The predicted molar refractivity (Wildman–Crippen MR) is 220 cm³/mol. The molecule has 3 amide bonds. The van der Waals surface area contributed by atoms with Gasteiger partial charge in [0.15, 0.2) is 5.69 Å². The molecule has 0 radical (unpaired) electrons. The molecule has 5 aromatic rings. The Morgan fingerprint density at radius 2 is 1.43 bits per heavy atom. The maximum atomic E-state index is 15.5. The number of nitrogens with one attached hydrogen (secondary N) is 4. The third-order valence-corrected chi connectivity index (χ3v) is 9.22. The van der Waals surface area contributed by atoms with Gasteiger partial charge in [-0.25, -0.2) is 18.7 Å². The SMILES string of the molecule is CC(C)(C)OC(=O)NCc1cccc(-n2nc(C(F)(F)F)cc2C(=O)Nc2cc(C(NCC3CC3)c3ccc(-c4ccccc4NC(=O)OC(C)(C)C)cc3)ccc2F)c1. The van der Waals surface area contributed by atoms with Gasteiger partial charge in [0.1, 0.15) is 22.7 Å². The molecule has 11 nitrogen and oxygen atoms in total. The molecule has 1 aliphatic carbocycles. The summed E-state index contributed by atoms with van der Waals surface area (Å²) in [5, 5.41) is 15.2. The molecule has 1 unspecified atom stereocenters. The number of alkyl carbamates (subject to hydrolysis) is 1. The Balaban J connectivity index is 1.26. The number of hydrogen-bond acceptors (Lipinski definition) is 7. The first-order valence-electron chi connectivity index (χ1n) is 19.5. The standard InChI is InChI=1S/C45H48F4N6O5/c1-43(2,3)59-41(57)51-26-28-10-9-11-32(22-28)55-37(24-38(54-55)45(47,48)49)40(56)52-36-23-31(20-21-34(36)46)39(50-25-27-14-15-27)30-18-16-29(17-19-30)33-12-7-8-13-35(33)53-42(58)60-44(4,5)6/h7-13,16-24,27,39,50H,14-15,25-26H2,1-6H3,(H,51,57)(H,52,56)(H,53,58). The van der Waals surface area contributed by atoms with E-state index in [-0.39, 0.29) is 17.9 Å². The van der Waals surface area contributed by atoms with Crippen LogP contribution in [0.1, 0.15) is 93.3 Å². The molecule has 1 saturated carbocycles. The number of halogens is 4. The number of nitrogens with zero attached hydrogens (tertiary/aromatic N) is 2. The van der Waals surface area contributed by atoms with Gasteiger partial charge in [-0.05, 0) is 119 Å². The van der Waals surface area contributed by atoms with Gasteiger partial charge in [0.25, 0.3) is 5.91 Å². The summed E-state index contributed by atoms with van der Waals surface area (Å²) in [5.41, 5.74) is 0.684. The van der Waals surface area contributed by atoms with Crippen molar-refractivity contribution in [3.05, 3.63) is 131 Å². The molecule has 4 N–H and O–H groups in total. The molecule has 1 aliphatic rings. The fourth-order valence-electron chi connectivity index (χ4n) is 6.32. The highest BCUT2D eigenvalue weighted by Gasteiger charge is 2.36. The van der Waals surface area contributed by atoms with E-state index in [1.165, 1.54) is 24.3 Å². The summed E-state index contributed by atoms with van der Waals surface area (Å²) in [4.78, 5) is 38.6. The smallest absolute Gasteiger partial charge is 0.435 e. The minimum absolute atomic E-state index is 0.0209. The summed E-state index contributed by atoms with van der Waals surface area (Å²) >= 11 is 0. The first kappa shape index (κ1) is 43.4. The molecule has 1 aromatic heterocycles. The average molecular weight is 829 g/mol. The Hall–Kier alpha value is -6.22. The Bertz CT molecular complexity index is 2340. The predicted octanol–water partition coefficient (Wildman–Crippen LogP) is 10.4.